The van der Waals surface area contributed by atoms with Crippen LogP contribution in [-0.2, 0) is 5.41 Å². The summed E-state index contributed by atoms with van der Waals surface area (Å²) in [6.07, 6.45) is 8.07. The summed E-state index contributed by atoms with van der Waals surface area (Å²) in [6, 6.07) is 48.0. The molecule has 0 radical (unpaired) electrons. The minimum atomic E-state index is -0.227. The lowest BCUT2D eigenvalue weighted by atomic mass is 9.75. The van der Waals surface area contributed by atoms with E-state index in [1.54, 1.807) is 0 Å². The number of fused-ring (bicyclic) bond motifs is 4. The molecule has 244 valence electrons. The maximum absolute atomic E-state index is 6.86. The third kappa shape index (κ3) is 5.69. The summed E-state index contributed by atoms with van der Waals surface area (Å²) >= 11 is 3.68. The van der Waals surface area contributed by atoms with Gasteiger partial charge in [-0.25, -0.2) is 0 Å². The molecule has 0 atom stereocenters. The molecule has 2 heterocycles. The van der Waals surface area contributed by atoms with E-state index in [1.807, 2.05) is 48.7 Å². The van der Waals surface area contributed by atoms with E-state index in [0.717, 1.165) is 45.3 Å². The zero-order valence-electron chi connectivity index (χ0n) is 28.4. The Labute approximate surface area is 303 Å². The zero-order chi connectivity index (χ0) is 34.2. The average molecular weight is 684 g/mol. The molecular weight excluding hydrogens is 647 g/mol. The second-order valence-electron chi connectivity index (χ2n) is 12.9. The highest BCUT2D eigenvalue weighted by Gasteiger charge is 2.37. The number of hydrogen-bond acceptors (Lipinski definition) is 4. The van der Waals surface area contributed by atoms with E-state index in [9.17, 15) is 0 Å². The Kier molecular flexibility index (Phi) is 8.52. The summed E-state index contributed by atoms with van der Waals surface area (Å²) in [5, 5.41) is 0. The molecule has 0 aliphatic carbocycles. The van der Waals surface area contributed by atoms with E-state index < -0.39 is 0 Å². The third-order valence-corrected chi connectivity index (χ3v) is 12.1. The summed E-state index contributed by atoms with van der Waals surface area (Å²) in [5.41, 5.74) is 9.94. The summed E-state index contributed by atoms with van der Waals surface area (Å²) in [4.78, 5) is 7.45. The smallest absolute Gasteiger partial charge is 0.155 e. The van der Waals surface area contributed by atoms with Crippen LogP contribution in [0.3, 0.4) is 0 Å². The van der Waals surface area contributed by atoms with Gasteiger partial charge >= 0.3 is 0 Å². The van der Waals surface area contributed by atoms with Gasteiger partial charge in [0.2, 0.25) is 0 Å². The van der Waals surface area contributed by atoms with Crippen molar-refractivity contribution >= 4 is 46.2 Å². The van der Waals surface area contributed by atoms with Gasteiger partial charge in [-0.05, 0) is 77.7 Å². The van der Waals surface area contributed by atoms with Crippen molar-refractivity contribution in [2.75, 3.05) is 4.90 Å². The van der Waals surface area contributed by atoms with Gasteiger partial charge in [-0.3, -0.25) is 0 Å². The number of benzene rings is 6. The SMILES string of the molecule is C=C/C(=C\C=C/C)c1ccc(-c2ccc(N(c3cccc4c3Oc3ccccc3C4(C)C)c3cccc4c3Sc3ccccc3S4)cc2)cc1. The molecule has 0 unspecified atom stereocenters. The molecule has 50 heavy (non-hydrogen) atoms. The Morgan fingerprint density at radius 3 is 2.02 bits per heavy atom. The monoisotopic (exact) mass is 683 g/mol. The molecule has 0 aromatic heterocycles. The molecule has 4 heteroatoms. The van der Waals surface area contributed by atoms with Gasteiger partial charge in [-0.1, -0.05) is 153 Å². The highest BCUT2D eigenvalue weighted by molar-refractivity contribution is 8.05. The van der Waals surface area contributed by atoms with Crippen LogP contribution < -0.4 is 9.64 Å². The minimum absolute atomic E-state index is 0.227. The maximum Gasteiger partial charge on any atom is 0.155 e. The van der Waals surface area contributed by atoms with Crippen LogP contribution in [0.15, 0.2) is 184 Å². The Hall–Kier alpha value is -5.16. The Bertz CT molecular complexity index is 2300. The molecule has 2 aliphatic rings. The summed E-state index contributed by atoms with van der Waals surface area (Å²) in [7, 11) is 0. The van der Waals surface area contributed by atoms with E-state index in [0.29, 0.717) is 0 Å². The molecule has 0 bridgehead atoms. The fraction of sp³-hybridized carbons (Fsp3) is 0.0870. The quantitative estimate of drug-likeness (QED) is 0.155. The van der Waals surface area contributed by atoms with Crippen LogP contribution in [0.1, 0.15) is 37.5 Å². The van der Waals surface area contributed by atoms with Crippen LogP contribution in [0.2, 0.25) is 0 Å². The molecule has 0 N–H and O–H groups in total. The number of hydrogen-bond donors (Lipinski definition) is 0. The standard InChI is InChI=1S/C46H37NOS2/c1-5-7-14-31(6-2)32-23-25-33(26-24-32)34-27-29-35(30-28-34)47(39-18-13-22-43-45(39)50-42-21-11-10-20-41(42)49-43)38-17-12-16-37-44(38)48-40-19-9-8-15-36(40)46(37,3)4/h5-30H,2H2,1,3-4H3/b7-5-,31-14+. The first kappa shape index (κ1) is 32.1. The highest BCUT2D eigenvalue weighted by Crippen LogP contribution is 2.57. The molecule has 2 aliphatic heterocycles. The lowest BCUT2D eigenvalue weighted by molar-refractivity contribution is 0.419. The molecule has 6 aromatic rings. The van der Waals surface area contributed by atoms with Gasteiger partial charge in [0.1, 0.15) is 5.75 Å². The molecule has 0 amide bonds. The van der Waals surface area contributed by atoms with Crippen LogP contribution in [0.4, 0.5) is 17.1 Å². The highest BCUT2D eigenvalue weighted by atomic mass is 32.2. The Balaban J connectivity index is 1.25. The second-order valence-corrected chi connectivity index (χ2v) is 15.1. The van der Waals surface area contributed by atoms with Crippen molar-refractivity contribution < 1.29 is 4.74 Å². The second kappa shape index (κ2) is 13.3. The predicted molar refractivity (Wildman–Crippen MR) is 213 cm³/mol. The van der Waals surface area contributed by atoms with E-state index in [-0.39, 0.29) is 5.41 Å². The lowest BCUT2D eigenvalue weighted by Crippen LogP contribution is -2.25. The van der Waals surface area contributed by atoms with Crippen molar-refractivity contribution in [3.05, 3.63) is 181 Å². The van der Waals surface area contributed by atoms with Gasteiger partial charge in [0, 0.05) is 36.9 Å². The van der Waals surface area contributed by atoms with Crippen LogP contribution in [0.5, 0.6) is 11.5 Å². The van der Waals surface area contributed by atoms with Crippen LogP contribution in [-0.4, -0.2) is 0 Å². The maximum atomic E-state index is 6.86. The van der Waals surface area contributed by atoms with Gasteiger partial charge in [0.15, 0.2) is 5.75 Å². The third-order valence-electron chi connectivity index (χ3n) is 9.53. The van der Waals surface area contributed by atoms with Crippen molar-refractivity contribution in [3.8, 4) is 22.6 Å². The molecule has 0 fully saturated rings. The van der Waals surface area contributed by atoms with Gasteiger partial charge in [-0.2, -0.15) is 0 Å². The number of ether oxygens (including phenoxy) is 1. The first-order chi connectivity index (χ1) is 24.5. The first-order valence-electron chi connectivity index (χ1n) is 16.9. The van der Waals surface area contributed by atoms with Crippen molar-refractivity contribution in [2.45, 2.75) is 45.8 Å². The Morgan fingerprint density at radius 2 is 1.28 bits per heavy atom. The molecule has 2 nitrogen and oxygen atoms in total. The zero-order valence-corrected chi connectivity index (χ0v) is 30.0. The molecule has 6 aromatic carbocycles. The van der Waals surface area contributed by atoms with Crippen LogP contribution in [0, 0.1) is 0 Å². The fourth-order valence-corrected chi connectivity index (χ4v) is 9.25. The van der Waals surface area contributed by atoms with Crippen LogP contribution in [0.25, 0.3) is 16.7 Å². The number of para-hydroxylation sites is 2. The van der Waals surface area contributed by atoms with Gasteiger partial charge in [-0.15, -0.1) is 0 Å². The number of nitrogens with zero attached hydrogens (tertiary/aromatic N) is 1. The Morgan fingerprint density at radius 1 is 0.660 bits per heavy atom. The number of anilines is 3. The molecule has 0 saturated heterocycles. The lowest BCUT2D eigenvalue weighted by Gasteiger charge is -2.38. The number of allylic oxidation sites excluding steroid dienone is 5. The van der Waals surface area contributed by atoms with E-state index in [1.165, 1.54) is 36.3 Å². The van der Waals surface area contributed by atoms with E-state index in [2.05, 4.69) is 165 Å². The van der Waals surface area contributed by atoms with Crippen molar-refractivity contribution in [1.29, 1.82) is 0 Å². The topological polar surface area (TPSA) is 12.5 Å². The normalized spacial score (nSPS) is 14.2. The van der Waals surface area contributed by atoms with E-state index >= 15 is 0 Å². The molecule has 0 saturated carbocycles. The molecule has 8 rings (SSSR count). The fourth-order valence-electron chi connectivity index (χ4n) is 6.89. The van der Waals surface area contributed by atoms with Gasteiger partial charge in [0.25, 0.3) is 0 Å². The number of rotatable bonds is 7. The summed E-state index contributed by atoms with van der Waals surface area (Å²) < 4.78 is 6.86. The largest absolute Gasteiger partial charge is 0.455 e. The summed E-state index contributed by atoms with van der Waals surface area (Å²) in [6.45, 7) is 10.6. The van der Waals surface area contributed by atoms with Crippen LogP contribution >= 0.6 is 23.5 Å². The first-order valence-corrected chi connectivity index (χ1v) is 18.5. The van der Waals surface area contributed by atoms with Crippen molar-refractivity contribution in [1.82, 2.24) is 0 Å². The van der Waals surface area contributed by atoms with E-state index in [4.69, 9.17) is 4.74 Å². The molecular formula is C46H37NOS2. The predicted octanol–water partition coefficient (Wildman–Crippen LogP) is 14.0. The van der Waals surface area contributed by atoms with Gasteiger partial charge in [0.05, 0.1) is 16.3 Å². The van der Waals surface area contributed by atoms with Crippen molar-refractivity contribution in [2.24, 2.45) is 0 Å². The minimum Gasteiger partial charge on any atom is -0.455 e. The average Bonchev–Trinajstić information content (AvgIpc) is 3.15. The van der Waals surface area contributed by atoms with Crippen molar-refractivity contribution in [3.63, 3.8) is 0 Å². The molecule has 0 spiro atoms. The van der Waals surface area contributed by atoms with Gasteiger partial charge < -0.3 is 9.64 Å². The summed E-state index contributed by atoms with van der Waals surface area (Å²) in [5.74, 6) is 1.80.